The summed E-state index contributed by atoms with van der Waals surface area (Å²) in [6.07, 6.45) is 6.12. The standard InChI is InChI=1S/C29H27N5O5S/c1-3-16-33(18-19-39-29(36)22-8-11-24(12-9-22)31-32-30)17-4-5-27(35)23-10-15-28(26(20-23)34(37)38)40-25-13-6-21(2)7-14-25/h1,6-15,20H,4-5,16-19H2,2H3. The zero-order chi connectivity index (χ0) is 28.9. The van der Waals surface area contributed by atoms with Crippen molar-refractivity contribution in [2.45, 2.75) is 29.6 Å². The van der Waals surface area contributed by atoms with Gasteiger partial charge in [-0.15, -0.1) is 6.42 Å². The molecule has 0 saturated carbocycles. The van der Waals surface area contributed by atoms with Gasteiger partial charge in [0, 0.05) is 40.1 Å². The quantitative estimate of drug-likeness (QED) is 0.0312. The van der Waals surface area contributed by atoms with E-state index in [9.17, 15) is 19.7 Å². The van der Waals surface area contributed by atoms with Crippen LogP contribution >= 0.6 is 11.8 Å². The van der Waals surface area contributed by atoms with Gasteiger partial charge in [0.2, 0.25) is 0 Å². The number of carbonyl (C=O) groups excluding carboxylic acids is 2. The number of benzene rings is 3. The highest BCUT2D eigenvalue weighted by Crippen LogP contribution is 2.35. The number of nitrogens with zero attached hydrogens (tertiary/aromatic N) is 5. The minimum atomic E-state index is -0.520. The third-order valence-electron chi connectivity index (χ3n) is 5.82. The van der Waals surface area contributed by atoms with Crippen molar-refractivity contribution in [3.8, 4) is 12.3 Å². The number of nitro benzene ring substituents is 1. The van der Waals surface area contributed by atoms with Crippen LogP contribution in [0.25, 0.3) is 10.4 Å². The summed E-state index contributed by atoms with van der Waals surface area (Å²) in [7, 11) is 0. The molecule has 3 aromatic rings. The van der Waals surface area contributed by atoms with Gasteiger partial charge in [-0.1, -0.05) is 52.6 Å². The highest BCUT2D eigenvalue weighted by Gasteiger charge is 2.19. The van der Waals surface area contributed by atoms with E-state index in [0.29, 0.717) is 42.2 Å². The molecule has 0 atom stereocenters. The van der Waals surface area contributed by atoms with E-state index < -0.39 is 10.9 Å². The van der Waals surface area contributed by atoms with Crippen molar-refractivity contribution >= 4 is 34.9 Å². The molecule has 0 unspecified atom stereocenters. The molecule has 40 heavy (non-hydrogen) atoms. The highest BCUT2D eigenvalue weighted by atomic mass is 32.2. The molecule has 11 heteroatoms. The Morgan fingerprint density at radius 1 is 1.10 bits per heavy atom. The fourth-order valence-electron chi connectivity index (χ4n) is 3.73. The van der Waals surface area contributed by atoms with Crippen LogP contribution in [-0.2, 0) is 4.74 Å². The van der Waals surface area contributed by atoms with Crippen LogP contribution in [-0.4, -0.2) is 47.8 Å². The number of esters is 1. The number of terminal acetylenes is 1. The van der Waals surface area contributed by atoms with Crippen LogP contribution in [0.5, 0.6) is 0 Å². The Hall–Kier alpha value is -4.62. The SMILES string of the molecule is C#CCN(CCCC(=O)c1ccc(Sc2ccc(C)cc2)c([N+](=O)[O-])c1)CCOC(=O)c1ccc(N=[N+]=[N-])cc1. The van der Waals surface area contributed by atoms with E-state index in [-0.39, 0.29) is 30.1 Å². The molecular formula is C29H27N5O5S. The summed E-state index contributed by atoms with van der Waals surface area (Å²) in [5.41, 5.74) is 10.4. The van der Waals surface area contributed by atoms with E-state index >= 15 is 0 Å². The third kappa shape index (κ3) is 8.99. The molecule has 0 radical (unpaired) electrons. The molecule has 0 saturated heterocycles. The molecule has 0 bridgehead atoms. The van der Waals surface area contributed by atoms with E-state index in [1.807, 2.05) is 36.1 Å². The van der Waals surface area contributed by atoms with Crippen molar-refractivity contribution in [2.24, 2.45) is 5.11 Å². The van der Waals surface area contributed by atoms with Gasteiger partial charge in [-0.3, -0.25) is 19.8 Å². The number of hydrogen-bond acceptors (Lipinski definition) is 8. The summed E-state index contributed by atoms with van der Waals surface area (Å²) in [6.45, 7) is 3.23. The average Bonchev–Trinajstić information content (AvgIpc) is 2.94. The molecule has 0 aliphatic heterocycles. The number of nitro groups is 1. The van der Waals surface area contributed by atoms with Gasteiger partial charge in [-0.05, 0) is 61.8 Å². The predicted octanol–water partition coefficient (Wildman–Crippen LogP) is 6.75. The van der Waals surface area contributed by atoms with Crippen LogP contribution < -0.4 is 0 Å². The summed E-state index contributed by atoms with van der Waals surface area (Å²) in [5.74, 6) is 1.84. The van der Waals surface area contributed by atoms with E-state index in [0.717, 1.165) is 10.5 Å². The summed E-state index contributed by atoms with van der Waals surface area (Å²) >= 11 is 1.28. The van der Waals surface area contributed by atoms with Gasteiger partial charge >= 0.3 is 5.97 Å². The molecule has 0 aliphatic rings. The summed E-state index contributed by atoms with van der Waals surface area (Å²) in [5, 5.41) is 15.2. The Bertz CT molecular complexity index is 1450. The largest absolute Gasteiger partial charge is 0.461 e. The molecular weight excluding hydrogens is 530 g/mol. The molecule has 0 spiro atoms. The van der Waals surface area contributed by atoms with Crippen molar-refractivity contribution in [3.63, 3.8) is 0 Å². The fourth-order valence-corrected chi connectivity index (χ4v) is 4.63. The zero-order valence-electron chi connectivity index (χ0n) is 21.9. The van der Waals surface area contributed by atoms with Gasteiger partial charge in [-0.2, -0.15) is 0 Å². The molecule has 0 heterocycles. The first-order valence-electron chi connectivity index (χ1n) is 12.3. The molecule has 3 aromatic carbocycles. The molecule has 0 N–H and O–H groups in total. The van der Waals surface area contributed by atoms with Crippen LogP contribution in [0.3, 0.4) is 0 Å². The van der Waals surface area contributed by atoms with Crippen molar-refractivity contribution in [1.82, 2.24) is 4.90 Å². The summed E-state index contributed by atoms with van der Waals surface area (Å²) in [6, 6.07) is 18.3. The van der Waals surface area contributed by atoms with E-state index in [4.69, 9.17) is 16.7 Å². The first-order valence-corrected chi connectivity index (χ1v) is 13.2. The van der Waals surface area contributed by atoms with E-state index in [1.54, 1.807) is 12.1 Å². The molecule has 204 valence electrons. The monoisotopic (exact) mass is 557 g/mol. The second kappa shape index (κ2) is 15.1. The number of ether oxygens (including phenoxy) is 1. The van der Waals surface area contributed by atoms with E-state index in [2.05, 4.69) is 15.9 Å². The normalized spacial score (nSPS) is 10.4. The lowest BCUT2D eigenvalue weighted by molar-refractivity contribution is -0.387. The molecule has 10 nitrogen and oxygen atoms in total. The van der Waals surface area contributed by atoms with Gasteiger partial charge in [0.05, 0.1) is 21.9 Å². The van der Waals surface area contributed by atoms with Gasteiger partial charge in [0.1, 0.15) is 6.61 Å². The zero-order valence-corrected chi connectivity index (χ0v) is 22.7. The van der Waals surface area contributed by atoms with Crippen LogP contribution in [0.2, 0.25) is 0 Å². The van der Waals surface area contributed by atoms with Gasteiger partial charge < -0.3 is 4.74 Å². The highest BCUT2D eigenvalue weighted by molar-refractivity contribution is 7.99. The fraction of sp³-hybridized carbons (Fsp3) is 0.241. The molecule has 0 fully saturated rings. The number of aryl methyl sites for hydroxylation is 1. The first kappa shape index (κ1) is 29.9. The van der Waals surface area contributed by atoms with Crippen LogP contribution in [0.4, 0.5) is 11.4 Å². The lowest BCUT2D eigenvalue weighted by Gasteiger charge is -2.19. The number of azide groups is 1. The topological polar surface area (TPSA) is 139 Å². The van der Waals surface area contributed by atoms with Gasteiger partial charge in [0.15, 0.2) is 5.78 Å². The average molecular weight is 558 g/mol. The van der Waals surface area contributed by atoms with Crippen LogP contribution in [0.1, 0.15) is 39.1 Å². The molecule has 3 rings (SSSR count). The van der Waals surface area contributed by atoms with Crippen molar-refractivity contribution in [3.05, 3.63) is 104 Å². The Morgan fingerprint density at radius 2 is 1.80 bits per heavy atom. The lowest BCUT2D eigenvalue weighted by atomic mass is 10.1. The Balaban J connectivity index is 1.51. The first-order chi connectivity index (χ1) is 19.3. The Kier molecular flexibility index (Phi) is 11.3. The minimum Gasteiger partial charge on any atom is -0.461 e. The predicted molar refractivity (Wildman–Crippen MR) is 153 cm³/mol. The second-order valence-corrected chi connectivity index (χ2v) is 9.85. The van der Waals surface area contributed by atoms with Crippen LogP contribution in [0.15, 0.2) is 81.6 Å². The summed E-state index contributed by atoms with van der Waals surface area (Å²) < 4.78 is 5.31. The molecule has 0 amide bonds. The van der Waals surface area contributed by atoms with E-state index in [1.165, 1.54) is 42.1 Å². The number of hydrogen-bond donors (Lipinski definition) is 0. The number of rotatable bonds is 14. The Morgan fingerprint density at radius 3 is 2.45 bits per heavy atom. The van der Waals surface area contributed by atoms with Crippen LogP contribution in [0, 0.1) is 29.4 Å². The molecule has 0 aromatic heterocycles. The smallest absolute Gasteiger partial charge is 0.338 e. The maximum atomic E-state index is 12.8. The lowest BCUT2D eigenvalue weighted by Crippen LogP contribution is -2.30. The third-order valence-corrected chi connectivity index (χ3v) is 6.90. The summed E-state index contributed by atoms with van der Waals surface area (Å²) in [4.78, 5) is 42.2. The maximum Gasteiger partial charge on any atom is 0.338 e. The van der Waals surface area contributed by atoms with Crippen molar-refractivity contribution in [1.29, 1.82) is 0 Å². The second-order valence-electron chi connectivity index (χ2n) is 8.73. The number of ketones is 1. The van der Waals surface area contributed by atoms with Crippen molar-refractivity contribution < 1.29 is 19.2 Å². The minimum absolute atomic E-state index is 0.0961. The van der Waals surface area contributed by atoms with Crippen molar-refractivity contribution in [2.75, 3.05) is 26.2 Å². The number of Topliss-reactive ketones (excluding diaryl/α,β-unsaturated/α-hetero) is 1. The van der Waals surface area contributed by atoms with Gasteiger partial charge in [0.25, 0.3) is 5.69 Å². The number of carbonyl (C=O) groups is 2. The molecule has 0 aliphatic carbocycles. The maximum absolute atomic E-state index is 12.8. The Labute approximate surface area is 236 Å². The van der Waals surface area contributed by atoms with Gasteiger partial charge in [-0.25, -0.2) is 4.79 Å².